The quantitative estimate of drug-likeness (QED) is 0.657. The summed E-state index contributed by atoms with van der Waals surface area (Å²) in [6, 6.07) is 3.25. The van der Waals surface area contributed by atoms with Gasteiger partial charge in [-0.05, 0) is 31.0 Å². The number of nitrogens with one attached hydrogen (secondary N) is 1. The van der Waals surface area contributed by atoms with Crippen LogP contribution in [-0.4, -0.2) is 34.3 Å². The zero-order valence-corrected chi connectivity index (χ0v) is 9.89. The molecule has 0 aliphatic rings. The number of carboxylic acid groups (broad SMARTS) is 1. The molecule has 0 aromatic carbocycles. The van der Waals surface area contributed by atoms with Crippen LogP contribution < -0.4 is 5.32 Å². The van der Waals surface area contributed by atoms with E-state index >= 15 is 0 Å². The van der Waals surface area contributed by atoms with Gasteiger partial charge in [0, 0.05) is 19.3 Å². The maximum absolute atomic E-state index is 10.6. The topological polar surface area (TPSA) is 82.5 Å². The Bertz CT molecular complexity index is 351. The van der Waals surface area contributed by atoms with Crippen molar-refractivity contribution < 1.29 is 15.0 Å². The zero-order valence-electron chi connectivity index (χ0n) is 9.89. The molecule has 5 heteroatoms. The lowest BCUT2D eigenvalue weighted by Gasteiger charge is -2.10. The van der Waals surface area contributed by atoms with Gasteiger partial charge >= 0.3 is 5.97 Å². The number of hydrogen-bond acceptors (Lipinski definition) is 4. The van der Waals surface area contributed by atoms with Gasteiger partial charge in [-0.3, -0.25) is 4.98 Å². The van der Waals surface area contributed by atoms with Crippen LogP contribution in [0.1, 0.15) is 29.4 Å². The second-order valence-electron chi connectivity index (χ2n) is 4.09. The van der Waals surface area contributed by atoms with Crippen molar-refractivity contribution in [2.75, 3.05) is 13.2 Å². The molecule has 1 aromatic rings. The molecule has 5 nitrogen and oxygen atoms in total. The number of aromatic nitrogens is 1. The van der Waals surface area contributed by atoms with Crippen LogP contribution in [0.3, 0.4) is 0 Å². The molecule has 0 radical (unpaired) electrons. The van der Waals surface area contributed by atoms with E-state index in [9.17, 15) is 4.79 Å². The van der Waals surface area contributed by atoms with Gasteiger partial charge in [-0.1, -0.05) is 6.92 Å². The highest BCUT2D eigenvalue weighted by molar-refractivity contribution is 5.87. The van der Waals surface area contributed by atoms with Crippen molar-refractivity contribution in [3.63, 3.8) is 0 Å². The summed E-state index contributed by atoms with van der Waals surface area (Å²) in [5.74, 6) is -0.549. The predicted molar refractivity (Wildman–Crippen MR) is 63.8 cm³/mol. The van der Waals surface area contributed by atoms with E-state index in [1.54, 1.807) is 12.1 Å². The lowest BCUT2D eigenvalue weighted by molar-refractivity contribution is 0.0696. The molecule has 0 amide bonds. The average molecular weight is 238 g/mol. The van der Waals surface area contributed by atoms with Crippen molar-refractivity contribution >= 4 is 5.97 Å². The fraction of sp³-hybridized carbons (Fsp3) is 0.500. The first-order valence-electron chi connectivity index (χ1n) is 5.63. The molecule has 0 saturated heterocycles. The number of carboxylic acids is 1. The molecule has 1 unspecified atom stereocenters. The Kier molecular flexibility index (Phi) is 5.59. The predicted octanol–water partition coefficient (Wildman–Crippen LogP) is 0.888. The molecule has 1 rings (SSSR count). The van der Waals surface area contributed by atoms with Gasteiger partial charge in [0.15, 0.2) is 0 Å². The lowest BCUT2D eigenvalue weighted by atomic mass is 10.1. The summed E-state index contributed by atoms with van der Waals surface area (Å²) in [6.45, 7) is 3.68. The number of pyridine rings is 1. The Labute approximate surface area is 101 Å². The van der Waals surface area contributed by atoms with Crippen molar-refractivity contribution in [3.8, 4) is 0 Å². The van der Waals surface area contributed by atoms with E-state index in [4.69, 9.17) is 10.2 Å². The van der Waals surface area contributed by atoms with Crippen LogP contribution in [0.4, 0.5) is 0 Å². The Balaban J connectivity index is 2.34. The Hall–Kier alpha value is -1.46. The highest BCUT2D eigenvalue weighted by Crippen LogP contribution is 2.02. The number of aliphatic hydroxyl groups is 1. The van der Waals surface area contributed by atoms with E-state index in [0.717, 1.165) is 18.7 Å². The van der Waals surface area contributed by atoms with Gasteiger partial charge < -0.3 is 15.5 Å². The first-order chi connectivity index (χ1) is 8.13. The van der Waals surface area contributed by atoms with Gasteiger partial charge in [0.1, 0.15) is 0 Å². The maximum Gasteiger partial charge on any atom is 0.337 e. The van der Waals surface area contributed by atoms with Crippen molar-refractivity contribution in [1.29, 1.82) is 0 Å². The molecular weight excluding hydrogens is 220 g/mol. The van der Waals surface area contributed by atoms with Crippen molar-refractivity contribution in [1.82, 2.24) is 10.3 Å². The van der Waals surface area contributed by atoms with E-state index in [1.165, 1.54) is 6.20 Å². The van der Waals surface area contributed by atoms with E-state index in [2.05, 4.69) is 17.2 Å². The smallest absolute Gasteiger partial charge is 0.337 e. The molecule has 1 heterocycles. The number of rotatable bonds is 7. The zero-order chi connectivity index (χ0) is 12.7. The minimum Gasteiger partial charge on any atom is -0.478 e. The molecule has 0 aliphatic carbocycles. The van der Waals surface area contributed by atoms with Crippen molar-refractivity contribution in [2.45, 2.75) is 19.9 Å². The van der Waals surface area contributed by atoms with Gasteiger partial charge in [0.2, 0.25) is 0 Å². The fourth-order valence-electron chi connectivity index (χ4n) is 1.42. The second kappa shape index (κ2) is 6.98. The number of aliphatic hydroxyl groups excluding tert-OH is 1. The largest absolute Gasteiger partial charge is 0.478 e. The molecule has 17 heavy (non-hydrogen) atoms. The second-order valence-corrected chi connectivity index (χ2v) is 4.09. The number of nitrogens with zero attached hydrogens (tertiary/aromatic N) is 1. The third kappa shape index (κ3) is 4.93. The summed E-state index contributed by atoms with van der Waals surface area (Å²) in [7, 11) is 0. The Morgan fingerprint density at radius 1 is 1.53 bits per heavy atom. The van der Waals surface area contributed by atoms with E-state index in [0.29, 0.717) is 12.5 Å². The van der Waals surface area contributed by atoms with Gasteiger partial charge in [0.05, 0.1) is 11.3 Å². The van der Waals surface area contributed by atoms with Crippen molar-refractivity contribution in [2.24, 2.45) is 5.92 Å². The summed E-state index contributed by atoms with van der Waals surface area (Å²) in [6.07, 6.45) is 2.13. The van der Waals surface area contributed by atoms with E-state index < -0.39 is 5.97 Å². The molecule has 0 bridgehead atoms. The van der Waals surface area contributed by atoms with Crippen LogP contribution in [-0.2, 0) is 6.54 Å². The number of carbonyl (C=O) groups is 1. The third-order valence-electron chi connectivity index (χ3n) is 2.49. The van der Waals surface area contributed by atoms with E-state index in [-0.39, 0.29) is 12.2 Å². The van der Waals surface area contributed by atoms with E-state index in [1.807, 2.05) is 0 Å². The van der Waals surface area contributed by atoms with Crippen LogP contribution in [0.5, 0.6) is 0 Å². The highest BCUT2D eigenvalue weighted by Gasteiger charge is 2.04. The number of hydrogen-bond donors (Lipinski definition) is 3. The normalized spacial score (nSPS) is 12.4. The molecular formula is C12H18N2O3. The molecule has 3 N–H and O–H groups in total. The monoisotopic (exact) mass is 238 g/mol. The molecule has 1 aromatic heterocycles. The molecule has 1 atom stereocenters. The van der Waals surface area contributed by atoms with Gasteiger partial charge in [-0.15, -0.1) is 0 Å². The van der Waals surface area contributed by atoms with Crippen LogP contribution in [0.2, 0.25) is 0 Å². The van der Waals surface area contributed by atoms with Gasteiger partial charge in [-0.2, -0.15) is 0 Å². The minimum atomic E-state index is -0.964. The summed E-state index contributed by atoms with van der Waals surface area (Å²) in [4.78, 5) is 14.7. The molecule has 94 valence electrons. The van der Waals surface area contributed by atoms with Gasteiger partial charge in [0.25, 0.3) is 0 Å². The lowest BCUT2D eigenvalue weighted by Crippen LogP contribution is -2.21. The first-order valence-corrected chi connectivity index (χ1v) is 5.63. The Morgan fingerprint density at radius 3 is 2.82 bits per heavy atom. The first kappa shape index (κ1) is 13.6. The Morgan fingerprint density at radius 2 is 2.29 bits per heavy atom. The molecule has 0 fully saturated rings. The molecule has 0 aliphatic heterocycles. The summed E-state index contributed by atoms with van der Waals surface area (Å²) in [5.41, 5.74) is 1.01. The SMILES string of the molecule is CC(CCO)CNCc1ccc(C(=O)O)cn1. The summed E-state index contributed by atoms with van der Waals surface area (Å²) in [5, 5.41) is 20.7. The van der Waals surface area contributed by atoms with Crippen LogP contribution >= 0.6 is 0 Å². The summed E-state index contributed by atoms with van der Waals surface area (Å²) >= 11 is 0. The average Bonchev–Trinajstić information content (AvgIpc) is 2.30. The molecule has 0 saturated carbocycles. The molecule has 0 spiro atoms. The third-order valence-corrected chi connectivity index (χ3v) is 2.49. The minimum absolute atomic E-state index is 0.197. The van der Waals surface area contributed by atoms with Crippen LogP contribution in [0.25, 0.3) is 0 Å². The van der Waals surface area contributed by atoms with Crippen LogP contribution in [0, 0.1) is 5.92 Å². The van der Waals surface area contributed by atoms with Crippen molar-refractivity contribution in [3.05, 3.63) is 29.6 Å². The number of aromatic carboxylic acids is 1. The standard InChI is InChI=1S/C12H18N2O3/c1-9(4-5-15)6-13-8-11-3-2-10(7-14-11)12(16)17/h2-3,7,9,13,15H,4-6,8H2,1H3,(H,16,17). The van der Waals surface area contributed by atoms with Gasteiger partial charge in [-0.25, -0.2) is 4.79 Å². The summed E-state index contributed by atoms with van der Waals surface area (Å²) < 4.78 is 0. The fourth-order valence-corrected chi connectivity index (χ4v) is 1.42. The van der Waals surface area contributed by atoms with Crippen LogP contribution in [0.15, 0.2) is 18.3 Å². The highest BCUT2D eigenvalue weighted by atomic mass is 16.4. The maximum atomic E-state index is 10.6.